The maximum absolute atomic E-state index is 12.6. The van der Waals surface area contributed by atoms with Crippen molar-refractivity contribution in [2.24, 2.45) is 0 Å². The third kappa shape index (κ3) is 37.4. The van der Waals surface area contributed by atoms with E-state index in [0.717, 1.165) is 32.1 Å². The molecule has 0 saturated heterocycles. The third-order valence-electron chi connectivity index (χ3n) is 8.74. The van der Waals surface area contributed by atoms with Gasteiger partial charge in [0.2, 0.25) is 0 Å². The molecular weight excluding hydrogens is 623 g/mol. The van der Waals surface area contributed by atoms with Gasteiger partial charge in [-0.1, -0.05) is 88.1 Å². The summed E-state index contributed by atoms with van der Waals surface area (Å²) in [5, 5.41) is 1.25. The number of carbonyl (C=O) groups is 1. The Morgan fingerprint density at radius 3 is 1.26 bits per heavy atom. The second-order valence-electron chi connectivity index (χ2n) is 13.8. The summed E-state index contributed by atoms with van der Waals surface area (Å²) in [7, 11) is 0. The van der Waals surface area contributed by atoms with Gasteiger partial charge in [-0.25, -0.2) is 0 Å². The molecule has 0 aromatic heterocycles. The number of hydrogen-bond donors (Lipinski definition) is 0. The summed E-state index contributed by atoms with van der Waals surface area (Å²) in [6.45, 7) is 4.53. The van der Waals surface area contributed by atoms with Gasteiger partial charge in [-0.2, -0.15) is 0 Å². The van der Waals surface area contributed by atoms with Gasteiger partial charge in [-0.15, -0.1) is 0 Å². The van der Waals surface area contributed by atoms with Gasteiger partial charge in [-0.05, 0) is 64.2 Å². The number of carbonyl (C=O) groups excluding carboxylic acids is 1. The van der Waals surface area contributed by atoms with Crippen LogP contribution in [0.1, 0.15) is 194 Å². The van der Waals surface area contributed by atoms with Crippen molar-refractivity contribution in [3.63, 3.8) is 0 Å². The molecule has 0 N–H and O–H groups in total. The molecule has 0 rings (SSSR count). The normalized spacial score (nSPS) is 12.4. The van der Waals surface area contributed by atoms with Crippen molar-refractivity contribution in [3.05, 3.63) is 48.6 Å². The van der Waals surface area contributed by atoms with E-state index in [2.05, 4.69) is 73.9 Å². The second kappa shape index (κ2) is 38.4. The summed E-state index contributed by atoms with van der Waals surface area (Å²) in [5.41, 5.74) is 4.75. The van der Waals surface area contributed by atoms with Crippen molar-refractivity contribution in [3.8, 4) is 0 Å². The van der Waals surface area contributed by atoms with Gasteiger partial charge in [0.25, 0.3) is 0 Å². The number of rotatable bonds is 35. The van der Waals surface area contributed by atoms with E-state index in [0.29, 0.717) is 6.42 Å². The molecule has 0 aromatic rings. The fraction of sp³-hybridized carbons (Fsp3) is 0.791. The summed E-state index contributed by atoms with van der Waals surface area (Å²) in [6.07, 6.45) is 53.2. The average Bonchev–Trinajstić information content (AvgIpc) is 3.04. The van der Waals surface area contributed by atoms with E-state index >= 15 is 0 Å². The van der Waals surface area contributed by atoms with Crippen LogP contribution in [-0.4, -0.2) is 26.7 Å². The first-order valence-electron chi connectivity index (χ1n) is 20.0. The van der Waals surface area contributed by atoms with Crippen molar-refractivity contribution in [1.29, 1.82) is 0 Å². The predicted octanol–water partition coefficient (Wildman–Crippen LogP) is 14.8. The van der Waals surface area contributed by atoms with Crippen molar-refractivity contribution in [2.45, 2.75) is 216 Å². The van der Waals surface area contributed by atoms with Gasteiger partial charge < -0.3 is 0 Å². The SMILES string of the molecule is CCCCC/C=C\C/C=C\CCCCCCCCC(CCCCCCCC/C=C\C/C=C\CCCCC)OC(=O)CCC[As](C)C. The van der Waals surface area contributed by atoms with Crippen LogP contribution in [0.2, 0.25) is 16.6 Å². The van der Waals surface area contributed by atoms with Gasteiger partial charge in [0.15, 0.2) is 0 Å². The molecule has 0 aromatic carbocycles. The Labute approximate surface area is 294 Å². The van der Waals surface area contributed by atoms with Crippen molar-refractivity contribution in [1.82, 2.24) is 0 Å². The molecule has 0 saturated carbocycles. The van der Waals surface area contributed by atoms with Crippen LogP contribution in [0.3, 0.4) is 0 Å². The van der Waals surface area contributed by atoms with E-state index in [1.807, 2.05) is 0 Å². The zero-order chi connectivity index (χ0) is 33.6. The first kappa shape index (κ1) is 45.0. The molecule has 0 heterocycles. The Morgan fingerprint density at radius 2 is 0.870 bits per heavy atom. The van der Waals surface area contributed by atoms with Gasteiger partial charge in [0, 0.05) is 0 Å². The fourth-order valence-corrected chi connectivity index (χ4v) is 7.43. The molecule has 0 radical (unpaired) electrons. The summed E-state index contributed by atoms with van der Waals surface area (Å²) < 4.78 is 6.03. The molecule has 0 atom stereocenters. The van der Waals surface area contributed by atoms with Crippen LogP contribution < -0.4 is 0 Å². The molecule has 0 unspecified atom stereocenters. The Kier molecular flexibility index (Phi) is 37.6. The first-order valence-corrected chi connectivity index (χ1v) is 25.1. The summed E-state index contributed by atoms with van der Waals surface area (Å²) in [6, 6.07) is 0. The van der Waals surface area contributed by atoms with Gasteiger partial charge in [-0.3, -0.25) is 0 Å². The second-order valence-corrected chi connectivity index (χ2v) is 19.2. The van der Waals surface area contributed by atoms with E-state index in [1.54, 1.807) is 0 Å². The topological polar surface area (TPSA) is 26.3 Å². The molecule has 3 heteroatoms. The molecular formula is C43H79AsO2. The molecule has 0 aliphatic rings. The van der Waals surface area contributed by atoms with Crippen molar-refractivity contribution < 1.29 is 9.53 Å². The molecule has 0 bridgehead atoms. The molecule has 0 aliphatic carbocycles. The Morgan fingerprint density at radius 1 is 0.500 bits per heavy atom. The van der Waals surface area contributed by atoms with Crippen LogP contribution in [0, 0.1) is 0 Å². The summed E-state index contributed by atoms with van der Waals surface area (Å²) in [5.74, 6) is 0.0564. The quantitative estimate of drug-likeness (QED) is 0.0284. The summed E-state index contributed by atoms with van der Waals surface area (Å²) in [4.78, 5) is 12.6. The standard InChI is InChI=1S/C43H79AsO2/c1-5-7-9-11-13-15-17-19-21-23-25-27-29-31-33-35-38-42(46-43(45)40-37-41-44(3)4)39-36-34-32-30-28-26-24-22-20-18-16-14-12-10-8-6-2/h13-16,19-22,42H,5-12,17-18,23-41H2,1-4H3/b15-13-,16-14-,21-19-,22-20-. The van der Waals surface area contributed by atoms with Crippen LogP contribution in [0.25, 0.3) is 0 Å². The molecule has 2 nitrogen and oxygen atoms in total. The van der Waals surface area contributed by atoms with Crippen molar-refractivity contribution >= 4 is 20.6 Å². The molecule has 268 valence electrons. The van der Waals surface area contributed by atoms with Gasteiger partial charge in [0.1, 0.15) is 0 Å². The predicted molar refractivity (Wildman–Crippen MR) is 209 cm³/mol. The Balaban J connectivity index is 4.01. The maximum atomic E-state index is 12.6. The van der Waals surface area contributed by atoms with E-state index in [4.69, 9.17) is 4.74 Å². The number of ether oxygens (including phenoxy) is 1. The third-order valence-corrected chi connectivity index (χ3v) is 11.3. The summed E-state index contributed by atoms with van der Waals surface area (Å²) >= 11 is -0.646. The number of hydrogen-bond acceptors (Lipinski definition) is 2. The van der Waals surface area contributed by atoms with Crippen molar-refractivity contribution in [2.75, 3.05) is 0 Å². The molecule has 0 aliphatic heterocycles. The van der Waals surface area contributed by atoms with Gasteiger partial charge >= 0.3 is 143 Å². The van der Waals surface area contributed by atoms with Crippen LogP contribution in [0.15, 0.2) is 48.6 Å². The van der Waals surface area contributed by atoms with Crippen LogP contribution in [0.4, 0.5) is 0 Å². The zero-order valence-electron chi connectivity index (χ0n) is 31.5. The van der Waals surface area contributed by atoms with E-state index < -0.39 is 14.7 Å². The monoisotopic (exact) mass is 703 g/mol. The molecule has 46 heavy (non-hydrogen) atoms. The van der Waals surface area contributed by atoms with Crippen LogP contribution >= 0.6 is 0 Å². The fourth-order valence-electron chi connectivity index (χ4n) is 5.77. The van der Waals surface area contributed by atoms with Gasteiger partial charge in [0.05, 0.1) is 0 Å². The minimum atomic E-state index is -0.646. The Bertz CT molecular complexity index is 687. The van der Waals surface area contributed by atoms with Crippen LogP contribution in [-0.2, 0) is 9.53 Å². The van der Waals surface area contributed by atoms with Crippen LogP contribution in [0.5, 0.6) is 0 Å². The number of allylic oxidation sites excluding steroid dienone is 8. The van der Waals surface area contributed by atoms with E-state index in [1.165, 1.54) is 146 Å². The van der Waals surface area contributed by atoms with E-state index in [9.17, 15) is 4.79 Å². The number of esters is 1. The molecule has 0 fully saturated rings. The molecule has 0 spiro atoms. The average molecular weight is 703 g/mol. The molecule has 0 amide bonds. The minimum absolute atomic E-state index is 0.0564. The Hall–Kier alpha value is -1.01. The first-order chi connectivity index (χ1) is 22.6. The van der Waals surface area contributed by atoms with E-state index in [-0.39, 0.29) is 12.1 Å². The number of unbranched alkanes of at least 4 members (excludes halogenated alkanes) is 18. The zero-order valence-corrected chi connectivity index (χ0v) is 33.3.